The quantitative estimate of drug-likeness (QED) is 0.844. The molecule has 0 radical (unpaired) electrons. The molecular formula is C11H17N3O3S2. The minimum absolute atomic E-state index is 0.0496. The topological polar surface area (TPSA) is 96.4 Å². The number of hydrogen-bond donors (Lipinski definition) is 1. The molecule has 0 saturated heterocycles. The number of rotatable bonds is 6. The van der Waals surface area contributed by atoms with Crippen LogP contribution in [0.5, 0.6) is 0 Å². The van der Waals surface area contributed by atoms with Crippen molar-refractivity contribution in [1.29, 1.82) is 5.26 Å². The highest BCUT2D eigenvalue weighted by atomic mass is 32.2. The maximum absolute atomic E-state index is 12.1. The zero-order valence-corrected chi connectivity index (χ0v) is 12.8. The average molecular weight is 303 g/mol. The van der Waals surface area contributed by atoms with E-state index in [-0.39, 0.29) is 21.2 Å². The van der Waals surface area contributed by atoms with Gasteiger partial charge in [0.1, 0.15) is 20.8 Å². The molecule has 0 bridgehead atoms. The molecule has 2 N–H and O–H groups in total. The summed E-state index contributed by atoms with van der Waals surface area (Å²) in [4.78, 5) is 2.04. The lowest BCUT2D eigenvalue weighted by Crippen LogP contribution is -2.23. The highest BCUT2D eigenvalue weighted by molar-refractivity contribution is 7.91. The number of thiophene rings is 1. The van der Waals surface area contributed by atoms with Gasteiger partial charge in [0.05, 0.1) is 18.0 Å². The van der Waals surface area contributed by atoms with Gasteiger partial charge in [-0.1, -0.05) is 6.92 Å². The van der Waals surface area contributed by atoms with Crippen LogP contribution < -0.4 is 10.6 Å². The van der Waals surface area contributed by atoms with Crippen molar-refractivity contribution < 1.29 is 13.2 Å². The minimum atomic E-state index is -3.47. The van der Waals surface area contributed by atoms with Gasteiger partial charge in [0.2, 0.25) is 0 Å². The molecule has 0 aliphatic heterocycles. The molecule has 6 nitrogen and oxygen atoms in total. The smallest absolute Gasteiger partial charge is 0.183 e. The first-order chi connectivity index (χ1) is 8.88. The zero-order valence-electron chi connectivity index (χ0n) is 11.1. The highest BCUT2D eigenvalue weighted by Crippen LogP contribution is 2.41. The number of ether oxygens (including phenoxy) is 1. The number of hydrogen-bond acceptors (Lipinski definition) is 7. The normalized spacial score (nSPS) is 11.3. The molecule has 0 atom stereocenters. The van der Waals surface area contributed by atoms with Crippen molar-refractivity contribution in [3.8, 4) is 6.07 Å². The van der Waals surface area contributed by atoms with Crippen molar-refractivity contribution in [1.82, 2.24) is 0 Å². The molecule has 0 spiro atoms. The predicted octanol–water partition coefficient (Wildman–Crippen LogP) is 1.08. The highest BCUT2D eigenvalue weighted by Gasteiger charge is 2.27. The van der Waals surface area contributed by atoms with Gasteiger partial charge < -0.3 is 15.4 Å². The molecule has 0 fully saturated rings. The van der Waals surface area contributed by atoms with E-state index in [1.807, 2.05) is 6.07 Å². The van der Waals surface area contributed by atoms with Crippen LogP contribution in [0.15, 0.2) is 4.90 Å². The summed E-state index contributed by atoms with van der Waals surface area (Å²) in [5, 5.41) is 9.49. The first-order valence-corrected chi connectivity index (χ1v) is 8.11. The van der Waals surface area contributed by atoms with Gasteiger partial charge in [-0.15, -0.1) is 11.3 Å². The molecule has 19 heavy (non-hydrogen) atoms. The lowest BCUT2D eigenvalue weighted by atomic mass is 10.4. The molecule has 1 aromatic heterocycles. The lowest BCUT2D eigenvalue weighted by molar-refractivity contribution is 0.206. The van der Waals surface area contributed by atoms with E-state index in [1.54, 1.807) is 26.0 Å². The molecule has 0 aliphatic rings. The van der Waals surface area contributed by atoms with Gasteiger partial charge in [0.15, 0.2) is 9.84 Å². The standard InChI is InChI=1S/C11H17N3O3S2/c1-4-19(15,16)10-9(13)8(7-12)18-11(10)14(2)5-6-17-3/h4-6,13H2,1-3H3. The molecule has 106 valence electrons. The molecule has 0 aromatic carbocycles. The Balaban J connectivity index is 3.36. The van der Waals surface area contributed by atoms with Gasteiger partial charge in [-0.05, 0) is 0 Å². The monoisotopic (exact) mass is 303 g/mol. The second-order valence-corrected chi connectivity index (χ2v) is 7.12. The van der Waals surface area contributed by atoms with Gasteiger partial charge >= 0.3 is 0 Å². The van der Waals surface area contributed by atoms with E-state index < -0.39 is 9.84 Å². The zero-order chi connectivity index (χ0) is 14.6. The molecule has 0 unspecified atom stereocenters. The number of nitrogens with two attached hydrogens (primary N) is 1. The van der Waals surface area contributed by atoms with Crippen LogP contribution in [0.2, 0.25) is 0 Å². The Morgan fingerprint density at radius 3 is 2.63 bits per heavy atom. The maximum atomic E-state index is 12.1. The molecule has 1 heterocycles. The van der Waals surface area contributed by atoms with E-state index in [2.05, 4.69) is 0 Å². The van der Waals surface area contributed by atoms with Crippen LogP contribution in [0.3, 0.4) is 0 Å². The fourth-order valence-electron chi connectivity index (χ4n) is 1.53. The first kappa shape index (κ1) is 15.8. The average Bonchev–Trinajstić information content (AvgIpc) is 2.73. The third-order valence-electron chi connectivity index (χ3n) is 2.65. The molecule has 1 aromatic rings. The second kappa shape index (κ2) is 6.23. The minimum Gasteiger partial charge on any atom is -0.396 e. The number of anilines is 2. The summed E-state index contributed by atoms with van der Waals surface area (Å²) in [7, 11) is -0.146. The third kappa shape index (κ3) is 3.18. The van der Waals surface area contributed by atoms with Crippen LogP contribution in [-0.4, -0.2) is 41.5 Å². The molecular weight excluding hydrogens is 286 g/mol. The van der Waals surface area contributed by atoms with Gasteiger partial charge in [0.25, 0.3) is 0 Å². The largest absolute Gasteiger partial charge is 0.396 e. The van der Waals surface area contributed by atoms with Gasteiger partial charge in [-0.25, -0.2) is 8.42 Å². The number of nitrogens with zero attached hydrogens (tertiary/aromatic N) is 2. The van der Waals surface area contributed by atoms with Crippen LogP contribution in [0.1, 0.15) is 11.8 Å². The first-order valence-electron chi connectivity index (χ1n) is 5.64. The number of likely N-dealkylation sites (N-methyl/N-ethyl adjacent to an activating group) is 1. The summed E-state index contributed by atoms with van der Waals surface area (Å²) in [6, 6.07) is 1.93. The van der Waals surface area contributed by atoms with E-state index in [4.69, 9.17) is 15.7 Å². The van der Waals surface area contributed by atoms with Crippen molar-refractivity contribution in [2.24, 2.45) is 0 Å². The van der Waals surface area contributed by atoms with Crippen LogP contribution in [0.25, 0.3) is 0 Å². The van der Waals surface area contributed by atoms with Gasteiger partial charge in [-0.3, -0.25) is 0 Å². The number of sulfone groups is 1. The fourth-order valence-corrected chi connectivity index (χ4v) is 4.14. The van der Waals surface area contributed by atoms with Crippen molar-refractivity contribution in [3.05, 3.63) is 4.88 Å². The Bertz CT molecular complexity index is 587. The van der Waals surface area contributed by atoms with Gasteiger partial charge in [0, 0.05) is 20.7 Å². The summed E-state index contributed by atoms with van der Waals surface area (Å²) < 4.78 is 29.2. The molecule has 0 aliphatic carbocycles. The number of nitrogen functional groups attached to an aromatic ring is 1. The van der Waals surface area contributed by atoms with Crippen molar-refractivity contribution in [3.63, 3.8) is 0 Å². The van der Waals surface area contributed by atoms with Crippen molar-refractivity contribution in [2.45, 2.75) is 11.8 Å². The van der Waals surface area contributed by atoms with Crippen molar-refractivity contribution >= 4 is 31.9 Å². The Hall–Kier alpha value is -1.30. The molecule has 0 saturated carbocycles. The number of nitriles is 1. The SMILES string of the molecule is CCS(=O)(=O)c1c(N(C)CCOC)sc(C#N)c1N. The molecule has 0 amide bonds. The third-order valence-corrected chi connectivity index (χ3v) is 5.80. The van der Waals surface area contributed by atoms with E-state index in [1.165, 1.54) is 0 Å². The van der Waals surface area contributed by atoms with Crippen molar-refractivity contribution in [2.75, 3.05) is 43.7 Å². The Labute approximate surface area is 117 Å². The van der Waals surface area contributed by atoms with Crippen LogP contribution >= 0.6 is 11.3 Å². The number of methoxy groups -OCH3 is 1. The predicted molar refractivity (Wildman–Crippen MR) is 76.3 cm³/mol. The van der Waals surface area contributed by atoms with E-state index >= 15 is 0 Å². The Kier molecular flexibility index (Phi) is 5.17. The maximum Gasteiger partial charge on any atom is 0.183 e. The summed E-state index contributed by atoms with van der Waals surface area (Å²) >= 11 is 1.09. The molecule has 1 rings (SSSR count). The van der Waals surface area contributed by atoms with E-state index in [0.29, 0.717) is 18.2 Å². The summed E-state index contributed by atoms with van der Waals surface area (Å²) in [6.07, 6.45) is 0. The van der Waals surface area contributed by atoms with Crippen LogP contribution in [-0.2, 0) is 14.6 Å². The Morgan fingerprint density at radius 2 is 2.16 bits per heavy atom. The summed E-state index contributed by atoms with van der Waals surface area (Å²) in [6.45, 7) is 2.53. The fraction of sp³-hybridized carbons (Fsp3) is 0.545. The van der Waals surface area contributed by atoms with E-state index in [0.717, 1.165) is 11.3 Å². The second-order valence-electron chi connectivity index (χ2n) is 3.91. The van der Waals surface area contributed by atoms with Crippen LogP contribution in [0, 0.1) is 11.3 Å². The van der Waals surface area contributed by atoms with E-state index in [9.17, 15) is 8.42 Å². The van der Waals surface area contributed by atoms with Crippen LogP contribution in [0.4, 0.5) is 10.7 Å². The summed E-state index contributed by atoms with van der Waals surface area (Å²) in [5.74, 6) is -0.0517. The lowest BCUT2D eigenvalue weighted by Gasteiger charge is -2.18. The molecule has 8 heteroatoms. The summed E-state index contributed by atoms with van der Waals surface area (Å²) in [5.41, 5.74) is 5.84. The Morgan fingerprint density at radius 1 is 1.53 bits per heavy atom. The van der Waals surface area contributed by atoms with Gasteiger partial charge in [-0.2, -0.15) is 5.26 Å².